The average Bonchev–Trinajstić information content (AvgIpc) is 2.27. The molecule has 2 rings (SSSR count). The highest BCUT2D eigenvalue weighted by molar-refractivity contribution is 5.81. The number of aromatic hydroxyl groups is 1. The van der Waals surface area contributed by atoms with Gasteiger partial charge in [0.05, 0.1) is 6.54 Å². The summed E-state index contributed by atoms with van der Waals surface area (Å²) >= 11 is 0. The summed E-state index contributed by atoms with van der Waals surface area (Å²) in [6.07, 6.45) is 0. The Balaban J connectivity index is 2.37. The highest BCUT2D eigenvalue weighted by Crippen LogP contribution is 2.21. The Kier molecular flexibility index (Phi) is 3.29. The predicted molar refractivity (Wildman–Crippen MR) is 63.5 cm³/mol. The van der Waals surface area contributed by atoms with Crippen LogP contribution in [0.1, 0.15) is 5.56 Å². The Morgan fingerprint density at radius 3 is 2.83 bits per heavy atom. The van der Waals surface area contributed by atoms with Crippen LogP contribution in [0, 0.1) is 0 Å². The maximum atomic E-state index is 11.3. The Labute approximate surface area is 101 Å². The first kappa shape index (κ1) is 12.1. The number of nitrogens with one attached hydrogen (secondary N) is 1. The fourth-order valence-corrected chi connectivity index (χ4v) is 1.67. The molecule has 0 aliphatic carbocycles. The average molecular weight is 249 g/mol. The summed E-state index contributed by atoms with van der Waals surface area (Å²) in [6, 6.07) is 5.74. The van der Waals surface area contributed by atoms with Crippen LogP contribution in [-0.4, -0.2) is 22.7 Å². The van der Waals surface area contributed by atoms with E-state index in [-0.39, 0.29) is 24.4 Å². The summed E-state index contributed by atoms with van der Waals surface area (Å²) in [7, 11) is 0. The second kappa shape index (κ2) is 4.89. The van der Waals surface area contributed by atoms with E-state index in [0.717, 1.165) is 0 Å². The van der Waals surface area contributed by atoms with Crippen molar-refractivity contribution >= 4 is 16.9 Å². The molecule has 0 aliphatic heterocycles. The van der Waals surface area contributed by atoms with Crippen molar-refractivity contribution in [3.05, 3.63) is 40.2 Å². The molecule has 0 spiro atoms. The Hall–Kier alpha value is -2.34. The van der Waals surface area contributed by atoms with E-state index in [0.29, 0.717) is 10.9 Å². The zero-order valence-corrected chi connectivity index (χ0v) is 9.34. The summed E-state index contributed by atoms with van der Waals surface area (Å²) in [6.45, 7) is 0.0407. The molecule has 0 atom stereocenters. The number of phenols is 1. The molecule has 0 radical (unpaired) electrons. The van der Waals surface area contributed by atoms with Crippen molar-refractivity contribution < 1.29 is 19.4 Å². The minimum absolute atomic E-state index is 0.00120. The van der Waals surface area contributed by atoms with Crippen LogP contribution >= 0.6 is 0 Å². The number of aliphatic carboxylic acids is 1. The monoisotopic (exact) mass is 249 g/mol. The second-order valence-electron chi connectivity index (χ2n) is 3.77. The van der Waals surface area contributed by atoms with Crippen LogP contribution in [0.15, 0.2) is 33.5 Å². The van der Waals surface area contributed by atoms with Crippen molar-refractivity contribution in [2.45, 2.75) is 6.54 Å². The summed E-state index contributed by atoms with van der Waals surface area (Å²) in [4.78, 5) is 21.7. The van der Waals surface area contributed by atoms with Gasteiger partial charge in [-0.1, -0.05) is 0 Å². The molecule has 1 heterocycles. The van der Waals surface area contributed by atoms with Gasteiger partial charge in [0.15, 0.2) is 0 Å². The van der Waals surface area contributed by atoms with Crippen molar-refractivity contribution in [3.8, 4) is 5.75 Å². The number of carboxylic acid groups (broad SMARTS) is 1. The van der Waals surface area contributed by atoms with Gasteiger partial charge in [-0.25, -0.2) is 4.79 Å². The first-order chi connectivity index (χ1) is 8.56. The quantitative estimate of drug-likeness (QED) is 0.689. The van der Waals surface area contributed by atoms with Gasteiger partial charge in [-0.05, 0) is 17.7 Å². The maximum absolute atomic E-state index is 11.3. The molecule has 0 saturated carbocycles. The first-order valence-electron chi connectivity index (χ1n) is 5.24. The maximum Gasteiger partial charge on any atom is 0.336 e. The summed E-state index contributed by atoms with van der Waals surface area (Å²) in [5.74, 6) is -0.971. The van der Waals surface area contributed by atoms with E-state index in [1.54, 1.807) is 6.07 Å². The van der Waals surface area contributed by atoms with E-state index < -0.39 is 11.6 Å². The van der Waals surface area contributed by atoms with Crippen LogP contribution in [0.5, 0.6) is 5.75 Å². The third-order valence-electron chi connectivity index (χ3n) is 2.41. The molecule has 6 heteroatoms. The number of phenolic OH excluding ortho intramolecular Hbond substituents is 1. The molecular formula is C12H11NO5. The molecule has 0 amide bonds. The molecule has 1 aromatic carbocycles. The van der Waals surface area contributed by atoms with E-state index >= 15 is 0 Å². The number of hydrogen-bond donors (Lipinski definition) is 3. The van der Waals surface area contributed by atoms with Crippen LogP contribution in [0.2, 0.25) is 0 Å². The van der Waals surface area contributed by atoms with E-state index in [1.807, 2.05) is 0 Å². The molecule has 3 N–H and O–H groups in total. The molecule has 0 saturated heterocycles. The molecule has 2 aromatic rings. The molecule has 1 aromatic heterocycles. The lowest BCUT2D eigenvalue weighted by atomic mass is 10.1. The number of carbonyl (C=O) groups is 1. The first-order valence-corrected chi connectivity index (χ1v) is 5.24. The standard InChI is InChI=1S/C12H11NO5/c14-8-1-2-9-7(5-13-6-11(15)16)3-12(17)18-10(9)4-8/h1-4,13-14H,5-6H2,(H,15,16). The zero-order chi connectivity index (χ0) is 13.1. The van der Waals surface area contributed by atoms with E-state index in [1.165, 1.54) is 18.2 Å². The van der Waals surface area contributed by atoms with Gasteiger partial charge in [-0.2, -0.15) is 0 Å². The van der Waals surface area contributed by atoms with Gasteiger partial charge in [0.1, 0.15) is 11.3 Å². The number of benzene rings is 1. The third kappa shape index (κ3) is 2.67. The predicted octanol–water partition coefficient (Wildman–Crippen LogP) is 0.673. The van der Waals surface area contributed by atoms with Gasteiger partial charge in [0.25, 0.3) is 0 Å². The summed E-state index contributed by atoms with van der Waals surface area (Å²) in [5.41, 5.74) is 0.359. The van der Waals surface area contributed by atoms with E-state index in [9.17, 15) is 14.7 Å². The Morgan fingerprint density at radius 1 is 1.33 bits per heavy atom. The molecule has 94 valence electrons. The smallest absolute Gasteiger partial charge is 0.336 e. The fourth-order valence-electron chi connectivity index (χ4n) is 1.67. The molecule has 0 bridgehead atoms. The van der Waals surface area contributed by atoms with Crippen LogP contribution in [0.3, 0.4) is 0 Å². The number of rotatable bonds is 4. The molecular weight excluding hydrogens is 238 g/mol. The topological polar surface area (TPSA) is 99.8 Å². The van der Waals surface area contributed by atoms with Gasteiger partial charge in [0.2, 0.25) is 0 Å². The lowest BCUT2D eigenvalue weighted by Gasteiger charge is -2.05. The van der Waals surface area contributed by atoms with Crippen LogP contribution in [-0.2, 0) is 11.3 Å². The minimum Gasteiger partial charge on any atom is -0.508 e. The Morgan fingerprint density at radius 2 is 2.11 bits per heavy atom. The summed E-state index contributed by atoms with van der Waals surface area (Å²) in [5, 5.41) is 21.2. The van der Waals surface area contributed by atoms with Crippen molar-refractivity contribution in [3.63, 3.8) is 0 Å². The van der Waals surface area contributed by atoms with Crippen molar-refractivity contribution in [2.75, 3.05) is 6.54 Å². The minimum atomic E-state index is -0.972. The van der Waals surface area contributed by atoms with Gasteiger partial charge in [-0.3, -0.25) is 4.79 Å². The SMILES string of the molecule is O=C(O)CNCc1cc(=O)oc2cc(O)ccc12. The lowest BCUT2D eigenvalue weighted by Crippen LogP contribution is -2.22. The molecule has 6 nitrogen and oxygen atoms in total. The summed E-state index contributed by atoms with van der Waals surface area (Å²) < 4.78 is 4.95. The van der Waals surface area contributed by atoms with Crippen molar-refractivity contribution in [1.29, 1.82) is 0 Å². The van der Waals surface area contributed by atoms with Crippen LogP contribution in [0.25, 0.3) is 11.0 Å². The molecule has 0 aliphatic rings. The molecule has 18 heavy (non-hydrogen) atoms. The largest absolute Gasteiger partial charge is 0.508 e. The zero-order valence-electron chi connectivity index (χ0n) is 9.34. The molecule has 0 unspecified atom stereocenters. The van der Waals surface area contributed by atoms with E-state index in [4.69, 9.17) is 9.52 Å². The normalized spacial score (nSPS) is 10.7. The lowest BCUT2D eigenvalue weighted by molar-refractivity contribution is -0.135. The van der Waals surface area contributed by atoms with E-state index in [2.05, 4.69) is 5.32 Å². The van der Waals surface area contributed by atoms with Gasteiger partial charge in [0, 0.05) is 24.1 Å². The third-order valence-corrected chi connectivity index (χ3v) is 2.41. The van der Waals surface area contributed by atoms with Crippen LogP contribution in [0.4, 0.5) is 0 Å². The highest BCUT2D eigenvalue weighted by atomic mass is 16.4. The van der Waals surface area contributed by atoms with Gasteiger partial charge >= 0.3 is 11.6 Å². The number of hydrogen-bond acceptors (Lipinski definition) is 5. The van der Waals surface area contributed by atoms with Gasteiger partial charge < -0.3 is 19.9 Å². The van der Waals surface area contributed by atoms with Crippen LogP contribution < -0.4 is 10.9 Å². The highest BCUT2D eigenvalue weighted by Gasteiger charge is 2.06. The van der Waals surface area contributed by atoms with Crippen molar-refractivity contribution in [2.24, 2.45) is 0 Å². The Bertz CT molecular complexity index is 646. The molecule has 0 fully saturated rings. The van der Waals surface area contributed by atoms with Crippen molar-refractivity contribution in [1.82, 2.24) is 5.32 Å². The number of fused-ring (bicyclic) bond motifs is 1. The van der Waals surface area contributed by atoms with Gasteiger partial charge in [-0.15, -0.1) is 0 Å². The number of carboxylic acids is 1. The second-order valence-corrected chi connectivity index (χ2v) is 3.77. The fraction of sp³-hybridized carbons (Fsp3) is 0.167.